The molecule has 5 nitrogen and oxygen atoms in total. The largest absolute Gasteiger partial charge is 0.245 e. The molecule has 0 saturated heterocycles. The van der Waals surface area contributed by atoms with Crippen LogP contribution in [-0.2, 0) is 13.0 Å². The summed E-state index contributed by atoms with van der Waals surface area (Å²) in [5.41, 5.74) is 5.32. The van der Waals surface area contributed by atoms with E-state index < -0.39 is 0 Å². The van der Waals surface area contributed by atoms with Crippen LogP contribution in [-0.4, -0.2) is 21.0 Å². The number of hydrogen-bond donors (Lipinski definition) is 1. The summed E-state index contributed by atoms with van der Waals surface area (Å²) in [6, 6.07) is 20.4. The predicted octanol–water partition coefficient (Wildman–Crippen LogP) is 3.36. The molecular weight excluding hydrogens is 286 g/mol. The Hall–Kier alpha value is -2.95. The smallest absolute Gasteiger partial charge is 0.241 e. The Bertz CT molecular complexity index is 734. The number of nitrogens with one attached hydrogen (secondary N) is 1. The van der Waals surface area contributed by atoms with Gasteiger partial charge in [0.1, 0.15) is 6.33 Å². The fourth-order valence-corrected chi connectivity index (χ4v) is 2.30. The quantitative estimate of drug-likeness (QED) is 0.538. The number of hydrazone groups is 1. The average molecular weight is 305 g/mol. The summed E-state index contributed by atoms with van der Waals surface area (Å²) in [7, 11) is 0. The molecule has 0 fully saturated rings. The van der Waals surface area contributed by atoms with E-state index in [0.29, 0.717) is 5.95 Å². The van der Waals surface area contributed by atoms with Gasteiger partial charge in [-0.15, -0.1) is 0 Å². The molecule has 5 heteroatoms. The van der Waals surface area contributed by atoms with Gasteiger partial charge in [-0.25, -0.2) is 10.1 Å². The average Bonchev–Trinajstić information content (AvgIpc) is 3.04. The second-order valence-corrected chi connectivity index (χ2v) is 5.18. The van der Waals surface area contributed by atoms with Crippen molar-refractivity contribution in [2.75, 3.05) is 5.43 Å². The summed E-state index contributed by atoms with van der Waals surface area (Å²) in [5.74, 6) is 0.658. The van der Waals surface area contributed by atoms with E-state index >= 15 is 0 Å². The Morgan fingerprint density at radius 2 is 1.74 bits per heavy atom. The summed E-state index contributed by atoms with van der Waals surface area (Å²) in [5, 5.41) is 8.45. The molecule has 0 atom stereocenters. The fourth-order valence-electron chi connectivity index (χ4n) is 2.30. The van der Waals surface area contributed by atoms with Crippen molar-refractivity contribution in [2.45, 2.75) is 19.4 Å². The lowest BCUT2D eigenvalue weighted by Gasteiger charge is -2.05. The highest BCUT2D eigenvalue weighted by Crippen LogP contribution is 2.07. The number of rotatable bonds is 7. The number of benzene rings is 2. The molecule has 0 saturated carbocycles. The molecule has 3 rings (SSSR count). The summed E-state index contributed by atoms with van der Waals surface area (Å²) in [6.45, 7) is 0.804. The molecule has 23 heavy (non-hydrogen) atoms. The van der Waals surface area contributed by atoms with Crippen LogP contribution in [0.25, 0.3) is 0 Å². The maximum absolute atomic E-state index is 4.24. The molecule has 0 aliphatic heterocycles. The topological polar surface area (TPSA) is 55.1 Å². The van der Waals surface area contributed by atoms with Crippen LogP contribution in [0.2, 0.25) is 0 Å². The lowest BCUT2D eigenvalue weighted by atomic mass is 10.1. The lowest BCUT2D eigenvalue weighted by Crippen LogP contribution is -2.06. The van der Waals surface area contributed by atoms with Crippen molar-refractivity contribution in [2.24, 2.45) is 5.10 Å². The minimum absolute atomic E-state index is 0.658. The van der Waals surface area contributed by atoms with Crippen LogP contribution in [0.3, 0.4) is 0 Å². The first-order valence-corrected chi connectivity index (χ1v) is 7.68. The number of aryl methyl sites for hydroxylation is 2. The highest BCUT2D eigenvalue weighted by Gasteiger charge is 2.02. The van der Waals surface area contributed by atoms with Crippen LogP contribution >= 0.6 is 0 Å². The van der Waals surface area contributed by atoms with E-state index in [1.54, 1.807) is 12.5 Å². The molecular formula is C18H19N5. The van der Waals surface area contributed by atoms with Gasteiger partial charge in [-0.1, -0.05) is 60.7 Å². The van der Waals surface area contributed by atoms with E-state index in [0.717, 1.165) is 24.9 Å². The maximum atomic E-state index is 4.24. The second kappa shape index (κ2) is 7.89. The van der Waals surface area contributed by atoms with Gasteiger partial charge in [0, 0.05) is 6.54 Å². The van der Waals surface area contributed by atoms with Gasteiger partial charge >= 0.3 is 0 Å². The zero-order valence-electron chi connectivity index (χ0n) is 12.8. The molecule has 116 valence electrons. The summed E-state index contributed by atoms with van der Waals surface area (Å²) in [4.78, 5) is 4.20. The highest BCUT2D eigenvalue weighted by atomic mass is 15.5. The fraction of sp³-hybridized carbons (Fsp3) is 0.167. The molecule has 1 heterocycles. The van der Waals surface area contributed by atoms with Crippen LogP contribution in [0, 0.1) is 0 Å². The molecule has 0 spiro atoms. The molecule has 1 N–H and O–H groups in total. The molecule has 0 aliphatic rings. The monoisotopic (exact) mass is 305 g/mol. The maximum Gasteiger partial charge on any atom is 0.241 e. The van der Waals surface area contributed by atoms with Crippen molar-refractivity contribution >= 4 is 12.2 Å². The van der Waals surface area contributed by atoms with Crippen LogP contribution in [0.4, 0.5) is 5.95 Å². The molecule has 0 radical (unpaired) electrons. The first kappa shape index (κ1) is 15.0. The first-order valence-electron chi connectivity index (χ1n) is 7.68. The van der Waals surface area contributed by atoms with Crippen molar-refractivity contribution in [3.63, 3.8) is 0 Å². The Morgan fingerprint density at radius 1 is 1.00 bits per heavy atom. The van der Waals surface area contributed by atoms with Crippen molar-refractivity contribution < 1.29 is 0 Å². The Kier molecular flexibility index (Phi) is 5.13. The van der Waals surface area contributed by atoms with Crippen molar-refractivity contribution in [3.8, 4) is 0 Å². The van der Waals surface area contributed by atoms with Gasteiger partial charge in [0.05, 0.1) is 6.21 Å². The molecule has 1 aromatic heterocycles. The first-order chi connectivity index (χ1) is 11.4. The van der Waals surface area contributed by atoms with Crippen molar-refractivity contribution in [1.29, 1.82) is 0 Å². The van der Waals surface area contributed by atoms with Crippen molar-refractivity contribution in [3.05, 3.63) is 78.1 Å². The van der Waals surface area contributed by atoms with E-state index in [2.05, 4.69) is 44.9 Å². The zero-order valence-corrected chi connectivity index (χ0v) is 12.8. The molecule has 2 aromatic carbocycles. The molecule has 3 aromatic rings. The summed E-state index contributed by atoms with van der Waals surface area (Å²) in [6.07, 6.45) is 5.34. The second-order valence-electron chi connectivity index (χ2n) is 5.18. The van der Waals surface area contributed by atoms with Gasteiger partial charge in [0.25, 0.3) is 0 Å². The van der Waals surface area contributed by atoms with E-state index in [9.17, 15) is 0 Å². The zero-order chi connectivity index (χ0) is 15.7. The Balaban J connectivity index is 1.52. The number of hydrogen-bond acceptors (Lipinski definition) is 4. The lowest BCUT2D eigenvalue weighted by molar-refractivity contribution is 0.583. The van der Waals surface area contributed by atoms with E-state index in [4.69, 9.17) is 0 Å². The molecule has 0 amide bonds. The minimum Gasteiger partial charge on any atom is -0.245 e. The van der Waals surface area contributed by atoms with Gasteiger partial charge in [-0.05, 0) is 24.0 Å². The van der Waals surface area contributed by atoms with Gasteiger partial charge in [-0.2, -0.15) is 15.2 Å². The van der Waals surface area contributed by atoms with Gasteiger partial charge in [0.15, 0.2) is 0 Å². The van der Waals surface area contributed by atoms with E-state index in [1.807, 2.05) is 41.1 Å². The standard InChI is InChI=1S/C18H19N5/c1-3-8-16(9-4-1)12-7-13-23-18(19-15-21-23)22-20-14-17-10-5-2-6-11-17/h1-6,8-11,14-15H,7,12-13H2,(H,19,21,22)/b20-14-. The summed E-state index contributed by atoms with van der Waals surface area (Å²) < 4.78 is 1.84. The van der Waals surface area contributed by atoms with Gasteiger partial charge < -0.3 is 0 Å². The number of nitrogens with zero attached hydrogens (tertiary/aromatic N) is 4. The van der Waals surface area contributed by atoms with E-state index in [1.165, 1.54) is 5.56 Å². The Morgan fingerprint density at radius 3 is 2.52 bits per heavy atom. The normalized spacial score (nSPS) is 11.0. The molecule has 0 bridgehead atoms. The third-order valence-electron chi connectivity index (χ3n) is 3.47. The molecule has 0 aliphatic carbocycles. The number of aromatic nitrogens is 3. The van der Waals surface area contributed by atoms with E-state index in [-0.39, 0.29) is 0 Å². The van der Waals surface area contributed by atoms with Crippen molar-refractivity contribution in [1.82, 2.24) is 14.8 Å². The number of anilines is 1. The van der Waals surface area contributed by atoms with Crippen LogP contribution in [0.1, 0.15) is 17.5 Å². The SMILES string of the molecule is C(=N/Nc1ncnn1CCCc1ccccc1)/c1ccccc1. The van der Waals surface area contributed by atoms with Crippen LogP contribution < -0.4 is 5.43 Å². The van der Waals surface area contributed by atoms with Gasteiger partial charge in [0.2, 0.25) is 5.95 Å². The third-order valence-corrected chi connectivity index (χ3v) is 3.47. The molecule has 0 unspecified atom stereocenters. The predicted molar refractivity (Wildman–Crippen MR) is 92.4 cm³/mol. The third kappa shape index (κ3) is 4.51. The summed E-state index contributed by atoms with van der Waals surface area (Å²) >= 11 is 0. The van der Waals surface area contributed by atoms with Crippen LogP contribution in [0.5, 0.6) is 0 Å². The highest BCUT2D eigenvalue weighted by molar-refractivity contribution is 5.79. The van der Waals surface area contributed by atoms with Gasteiger partial charge in [-0.3, -0.25) is 0 Å². The van der Waals surface area contributed by atoms with Crippen LogP contribution in [0.15, 0.2) is 72.1 Å². The minimum atomic E-state index is 0.658. The Labute approximate surface area is 135 Å².